The van der Waals surface area contributed by atoms with Crippen LogP contribution in [0.3, 0.4) is 0 Å². The average Bonchev–Trinajstić information content (AvgIpc) is 2.52. The van der Waals surface area contributed by atoms with Crippen molar-refractivity contribution in [3.63, 3.8) is 0 Å². The molecule has 0 bridgehead atoms. The van der Waals surface area contributed by atoms with Crippen molar-refractivity contribution in [3.05, 3.63) is 71.8 Å². The van der Waals surface area contributed by atoms with Crippen molar-refractivity contribution in [1.29, 1.82) is 0 Å². The van der Waals surface area contributed by atoms with E-state index in [1.165, 1.54) is 0 Å². The maximum Gasteiger partial charge on any atom is 0.223 e. The van der Waals surface area contributed by atoms with E-state index >= 15 is 0 Å². The molecule has 122 valence electrons. The number of aliphatic hydroxyl groups is 1. The molecule has 0 unspecified atom stereocenters. The zero-order chi connectivity index (χ0) is 16.9. The lowest BCUT2D eigenvalue weighted by Gasteiger charge is -2.27. The molecule has 2 aromatic rings. The van der Waals surface area contributed by atoms with Gasteiger partial charge in [-0.25, -0.2) is 0 Å². The molecular weight excluding hydrogens is 286 g/mol. The standard InChI is InChI=1S/C20H25NO2/c1-20(2,23)15-21(3)19(22)14-18(16-10-6-4-7-11-16)17-12-8-5-9-13-17/h4-13,18,23H,14-15H2,1-3H3. The molecule has 1 N–H and O–H groups in total. The summed E-state index contributed by atoms with van der Waals surface area (Å²) in [6.07, 6.45) is 0.389. The van der Waals surface area contributed by atoms with Crippen LogP contribution < -0.4 is 0 Å². The van der Waals surface area contributed by atoms with E-state index in [1.807, 2.05) is 36.4 Å². The summed E-state index contributed by atoms with van der Waals surface area (Å²) < 4.78 is 0. The Morgan fingerprint density at radius 2 is 1.43 bits per heavy atom. The van der Waals surface area contributed by atoms with Crippen LogP contribution in [0.15, 0.2) is 60.7 Å². The van der Waals surface area contributed by atoms with Crippen LogP contribution in [0, 0.1) is 0 Å². The quantitative estimate of drug-likeness (QED) is 0.888. The Hall–Kier alpha value is -2.13. The summed E-state index contributed by atoms with van der Waals surface area (Å²) in [5.41, 5.74) is 1.37. The lowest BCUT2D eigenvalue weighted by atomic mass is 9.88. The first-order chi connectivity index (χ1) is 10.9. The minimum Gasteiger partial charge on any atom is -0.389 e. The molecule has 0 aliphatic carbocycles. The maximum absolute atomic E-state index is 12.6. The predicted octanol–water partition coefficient (Wildman–Crippen LogP) is 3.44. The predicted molar refractivity (Wildman–Crippen MR) is 93.3 cm³/mol. The first kappa shape index (κ1) is 17.2. The SMILES string of the molecule is CN(CC(C)(C)O)C(=O)CC(c1ccccc1)c1ccccc1. The Kier molecular flexibility index (Phi) is 5.56. The van der Waals surface area contributed by atoms with Crippen LogP contribution >= 0.6 is 0 Å². The first-order valence-electron chi connectivity index (χ1n) is 7.93. The Morgan fingerprint density at radius 3 is 1.83 bits per heavy atom. The normalized spacial score (nSPS) is 11.5. The van der Waals surface area contributed by atoms with E-state index < -0.39 is 5.60 Å². The number of nitrogens with zero attached hydrogens (tertiary/aromatic N) is 1. The van der Waals surface area contributed by atoms with E-state index in [9.17, 15) is 9.90 Å². The number of amides is 1. The van der Waals surface area contributed by atoms with Crippen molar-refractivity contribution in [2.24, 2.45) is 0 Å². The van der Waals surface area contributed by atoms with Crippen LogP contribution in [0.5, 0.6) is 0 Å². The molecule has 0 aromatic heterocycles. The second kappa shape index (κ2) is 7.42. The van der Waals surface area contributed by atoms with Crippen molar-refractivity contribution >= 4 is 5.91 Å². The highest BCUT2D eigenvalue weighted by Gasteiger charge is 2.23. The van der Waals surface area contributed by atoms with Crippen molar-refractivity contribution in [3.8, 4) is 0 Å². The van der Waals surface area contributed by atoms with Crippen LogP contribution in [0.4, 0.5) is 0 Å². The van der Waals surface area contributed by atoms with Gasteiger partial charge in [0.25, 0.3) is 0 Å². The zero-order valence-electron chi connectivity index (χ0n) is 14.1. The molecule has 0 aliphatic heterocycles. The van der Waals surface area contributed by atoms with E-state index in [-0.39, 0.29) is 11.8 Å². The first-order valence-corrected chi connectivity index (χ1v) is 7.93. The highest BCUT2D eigenvalue weighted by Crippen LogP contribution is 2.28. The zero-order valence-corrected chi connectivity index (χ0v) is 14.1. The largest absolute Gasteiger partial charge is 0.389 e. The monoisotopic (exact) mass is 311 g/mol. The lowest BCUT2D eigenvalue weighted by molar-refractivity contribution is -0.132. The average molecular weight is 311 g/mol. The summed E-state index contributed by atoms with van der Waals surface area (Å²) >= 11 is 0. The molecule has 0 aliphatic rings. The van der Waals surface area contributed by atoms with Gasteiger partial charge in [-0.05, 0) is 25.0 Å². The second-order valence-corrected chi connectivity index (χ2v) is 6.64. The molecule has 0 saturated carbocycles. The Balaban J connectivity index is 2.21. The molecule has 23 heavy (non-hydrogen) atoms. The van der Waals surface area contributed by atoms with Crippen LogP contribution in [-0.4, -0.2) is 35.1 Å². The summed E-state index contributed by atoms with van der Waals surface area (Å²) in [6.45, 7) is 3.74. The summed E-state index contributed by atoms with van der Waals surface area (Å²) in [5, 5.41) is 9.91. The van der Waals surface area contributed by atoms with Crippen LogP contribution in [0.2, 0.25) is 0 Å². The molecule has 3 heteroatoms. The third-order valence-electron chi connectivity index (χ3n) is 3.83. The Labute approximate surface area is 138 Å². The third kappa shape index (κ3) is 5.22. The third-order valence-corrected chi connectivity index (χ3v) is 3.83. The number of carbonyl (C=O) groups is 1. The molecule has 2 rings (SSSR count). The molecule has 3 nitrogen and oxygen atoms in total. The van der Waals surface area contributed by atoms with Gasteiger partial charge in [0.15, 0.2) is 0 Å². The second-order valence-electron chi connectivity index (χ2n) is 6.64. The smallest absolute Gasteiger partial charge is 0.223 e. The van der Waals surface area contributed by atoms with Crippen LogP contribution in [0.25, 0.3) is 0 Å². The van der Waals surface area contributed by atoms with Crippen molar-refractivity contribution < 1.29 is 9.90 Å². The van der Waals surface area contributed by atoms with Gasteiger partial charge in [-0.2, -0.15) is 0 Å². The van der Waals surface area contributed by atoms with Gasteiger partial charge >= 0.3 is 0 Å². The minimum atomic E-state index is -0.889. The Bertz CT molecular complexity index is 578. The van der Waals surface area contributed by atoms with Gasteiger partial charge in [0.1, 0.15) is 0 Å². The molecule has 0 spiro atoms. The summed E-state index contributed by atoms with van der Waals surface area (Å²) in [6, 6.07) is 20.2. The Morgan fingerprint density at radius 1 is 1.00 bits per heavy atom. The number of benzene rings is 2. The molecule has 0 atom stereocenters. The maximum atomic E-state index is 12.6. The molecule has 0 radical (unpaired) electrons. The van der Waals surface area contributed by atoms with E-state index in [1.54, 1.807) is 25.8 Å². The fraction of sp³-hybridized carbons (Fsp3) is 0.350. The topological polar surface area (TPSA) is 40.5 Å². The summed E-state index contributed by atoms with van der Waals surface area (Å²) in [4.78, 5) is 14.2. The van der Waals surface area contributed by atoms with Crippen LogP contribution in [0.1, 0.15) is 37.3 Å². The van der Waals surface area contributed by atoms with Gasteiger partial charge in [0.05, 0.1) is 5.60 Å². The van der Waals surface area contributed by atoms with E-state index in [0.29, 0.717) is 13.0 Å². The number of carbonyl (C=O) groups excluding carboxylic acids is 1. The highest BCUT2D eigenvalue weighted by atomic mass is 16.3. The minimum absolute atomic E-state index is 0.0224. The van der Waals surface area contributed by atoms with Crippen molar-refractivity contribution in [1.82, 2.24) is 4.90 Å². The van der Waals surface area contributed by atoms with Crippen molar-refractivity contribution in [2.45, 2.75) is 31.8 Å². The van der Waals surface area contributed by atoms with Gasteiger partial charge in [-0.3, -0.25) is 4.79 Å². The molecule has 0 heterocycles. The van der Waals surface area contributed by atoms with E-state index in [0.717, 1.165) is 11.1 Å². The number of likely N-dealkylation sites (N-methyl/N-ethyl adjacent to an activating group) is 1. The number of hydrogen-bond acceptors (Lipinski definition) is 2. The fourth-order valence-electron chi connectivity index (χ4n) is 2.80. The van der Waals surface area contributed by atoms with E-state index in [2.05, 4.69) is 24.3 Å². The van der Waals surface area contributed by atoms with Gasteiger partial charge in [-0.1, -0.05) is 60.7 Å². The van der Waals surface area contributed by atoms with Crippen molar-refractivity contribution in [2.75, 3.05) is 13.6 Å². The lowest BCUT2D eigenvalue weighted by Crippen LogP contribution is -2.40. The number of hydrogen-bond donors (Lipinski definition) is 1. The molecule has 2 aromatic carbocycles. The molecule has 0 fully saturated rings. The van der Waals surface area contributed by atoms with Gasteiger partial charge in [0, 0.05) is 25.9 Å². The van der Waals surface area contributed by atoms with Crippen LogP contribution in [-0.2, 0) is 4.79 Å². The number of rotatable bonds is 6. The molecular formula is C20H25NO2. The summed E-state index contributed by atoms with van der Waals surface area (Å²) in [5.74, 6) is 0.0546. The van der Waals surface area contributed by atoms with Gasteiger partial charge < -0.3 is 10.0 Å². The molecule has 0 saturated heterocycles. The highest BCUT2D eigenvalue weighted by molar-refractivity contribution is 5.77. The van der Waals surface area contributed by atoms with Gasteiger partial charge in [0.2, 0.25) is 5.91 Å². The van der Waals surface area contributed by atoms with E-state index in [4.69, 9.17) is 0 Å². The van der Waals surface area contributed by atoms with Gasteiger partial charge in [-0.15, -0.1) is 0 Å². The fourth-order valence-corrected chi connectivity index (χ4v) is 2.80. The molecule has 1 amide bonds. The summed E-state index contributed by atoms with van der Waals surface area (Å²) in [7, 11) is 1.74.